The summed E-state index contributed by atoms with van der Waals surface area (Å²) in [5.41, 5.74) is 0.341. The fourth-order valence-electron chi connectivity index (χ4n) is 3.49. The number of rotatable bonds is 6. The van der Waals surface area contributed by atoms with E-state index >= 15 is 0 Å². The lowest BCUT2D eigenvalue weighted by Gasteiger charge is -2.35. The first-order chi connectivity index (χ1) is 12.8. The van der Waals surface area contributed by atoms with Crippen molar-refractivity contribution in [2.24, 2.45) is 0 Å². The molecule has 0 N–H and O–H groups in total. The molecule has 148 valence electrons. The first kappa shape index (κ1) is 19.9. The Morgan fingerprint density at radius 3 is 2.19 bits per heavy atom. The van der Waals surface area contributed by atoms with Crippen LogP contribution in [0.5, 0.6) is 0 Å². The van der Waals surface area contributed by atoms with E-state index in [1.54, 1.807) is 12.1 Å². The van der Waals surface area contributed by atoms with E-state index in [-0.39, 0.29) is 0 Å². The Hall–Kier alpha value is -1.86. The summed E-state index contributed by atoms with van der Waals surface area (Å²) in [4.78, 5) is 9.16. The largest absolute Gasteiger partial charge is 0.416 e. The topological polar surface area (TPSA) is 24.3 Å². The highest BCUT2D eigenvalue weighted by Gasteiger charge is 2.30. The normalized spacial score (nSPS) is 17.0. The van der Waals surface area contributed by atoms with Crippen LogP contribution in [0.25, 0.3) is 0 Å². The zero-order valence-corrected chi connectivity index (χ0v) is 15.9. The molecule has 1 saturated heterocycles. The second kappa shape index (κ2) is 8.44. The minimum Gasteiger partial charge on any atom is -0.333 e. The van der Waals surface area contributed by atoms with E-state index in [4.69, 9.17) is 0 Å². The molecule has 0 radical (unpaired) electrons. The van der Waals surface area contributed by atoms with Crippen LogP contribution in [0.1, 0.15) is 36.7 Å². The first-order valence-electron chi connectivity index (χ1n) is 9.45. The standard InChI is InChI=1S/C20H27F3N4/c1-16(2)19-24-7-8-27(19)14-13-25-9-11-26(12-10-25)15-17-3-5-18(6-4-17)20(21,22)23/h3-8,16H,9-15H2,1-2H3. The van der Waals surface area contributed by atoms with Crippen molar-refractivity contribution in [3.8, 4) is 0 Å². The van der Waals surface area contributed by atoms with Crippen LogP contribution in [-0.2, 0) is 19.3 Å². The number of nitrogens with zero attached hydrogens (tertiary/aromatic N) is 4. The molecule has 1 aliphatic heterocycles. The van der Waals surface area contributed by atoms with Crippen molar-refractivity contribution in [2.75, 3.05) is 32.7 Å². The molecule has 1 fully saturated rings. The zero-order chi connectivity index (χ0) is 19.4. The van der Waals surface area contributed by atoms with Gasteiger partial charge in [0.05, 0.1) is 5.56 Å². The van der Waals surface area contributed by atoms with Gasteiger partial charge in [-0.25, -0.2) is 4.98 Å². The van der Waals surface area contributed by atoms with Gasteiger partial charge in [0.15, 0.2) is 0 Å². The van der Waals surface area contributed by atoms with E-state index in [0.29, 0.717) is 12.5 Å². The van der Waals surface area contributed by atoms with Crippen LogP contribution in [0.3, 0.4) is 0 Å². The Bertz CT molecular complexity index is 714. The number of alkyl halides is 3. The summed E-state index contributed by atoms with van der Waals surface area (Å²) in [7, 11) is 0. The van der Waals surface area contributed by atoms with E-state index in [0.717, 1.165) is 50.7 Å². The molecular weight excluding hydrogens is 353 g/mol. The van der Waals surface area contributed by atoms with Gasteiger partial charge in [-0.15, -0.1) is 0 Å². The van der Waals surface area contributed by atoms with Crippen molar-refractivity contribution in [1.82, 2.24) is 19.4 Å². The van der Waals surface area contributed by atoms with Gasteiger partial charge in [0.1, 0.15) is 5.82 Å². The highest BCUT2D eigenvalue weighted by molar-refractivity contribution is 5.24. The lowest BCUT2D eigenvalue weighted by atomic mass is 10.1. The van der Waals surface area contributed by atoms with Crippen molar-refractivity contribution < 1.29 is 13.2 Å². The lowest BCUT2D eigenvalue weighted by molar-refractivity contribution is -0.137. The first-order valence-corrected chi connectivity index (χ1v) is 9.45. The Morgan fingerprint density at radius 1 is 0.963 bits per heavy atom. The molecule has 0 atom stereocenters. The number of imidazole rings is 1. The molecule has 0 unspecified atom stereocenters. The summed E-state index contributed by atoms with van der Waals surface area (Å²) < 4.78 is 40.2. The van der Waals surface area contributed by atoms with Crippen LogP contribution in [0.15, 0.2) is 36.7 Å². The molecule has 7 heteroatoms. The number of halogens is 3. The molecule has 3 rings (SSSR count). The summed E-state index contributed by atoms with van der Waals surface area (Å²) in [6.45, 7) is 10.8. The molecule has 4 nitrogen and oxygen atoms in total. The third-order valence-corrected chi connectivity index (χ3v) is 5.07. The third-order valence-electron chi connectivity index (χ3n) is 5.07. The Balaban J connectivity index is 1.44. The predicted molar refractivity (Wildman–Crippen MR) is 99.5 cm³/mol. The summed E-state index contributed by atoms with van der Waals surface area (Å²) in [5.74, 6) is 1.54. The molecular formula is C20H27F3N4. The monoisotopic (exact) mass is 380 g/mol. The SMILES string of the molecule is CC(C)c1nccn1CCN1CCN(Cc2ccc(C(F)(F)F)cc2)CC1. The minimum atomic E-state index is -4.27. The van der Waals surface area contributed by atoms with Crippen molar-refractivity contribution in [1.29, 1.82) is 0 Å². The third kappa shape index (κ3) is 5.32. The fourth-order valence-corrected chi connectivity index (χ4v) is 3.49. The number of aromatic nitrogens is 2. The molecule has 0 saturated carbocycles. The van der Waals surface area contributed by atoms with E-state index in [9.17, 15) is 13.2 Å². The fraction of sp³-hybridized carbons (Fsp3) is 0.550. The molecule has 2 heterocycles. The van der Waals surface area contributed by atoms with Gasteiger partial charge < -0.3 is 4.57 Å². The molecule has 1 aliphatic rings. The van der Waals surface area contributed by atoms with Crippen LogP contribution < -0.4 is 0 Å². The van der Waals surface area contributed by atoms with E-state index in [2.05, 4.69) is 33.2 Å². The minimum absolute atomic E-state index is 0.417. The maximum Gasteiger partial charge on any atom is 0.416 e. The van der Waals surface area contributed by atoms with Crippen LogP contribution in [-0.4, -0.2) is 52.1 Å². The number of hydrogen-bond acceptors (Lipinski definition) is 3. The van der Waals surface area contributed by atoms with Crippen molar-refractivity contribution in [3.05, 3.63) is 53.6 Å². The average molecular weight is 380 g/mol. The molecule has 0 aliphatic carbocycles. The summed E-state index contributed by atoms with van der Waals surface area (Å²) in [6.07, 6.45) is -0.373. The molecule has 27 heavy (non-hydrogen) atoms. The summed E-state index contributed by atoms with van der Waals surface area (Å²) in [5, 5.41) is 0. The molecule has 2 aromatic rings. The van der Waals surface area contributed by atoms with Crippen molar-refractivity contribution in [3.63, 3.8) is 0 Å². The van der Waals surface area contributed by atoms with Gasteiger partial charge in [-0.1, -0.05) is 26.0 Å². The van der Waals surface area contributed by atoms with Gasteiger partial charge in [0, 0.05) is 64.1 Å². The van der Waals surface area contributed by atoms with Gasteiger partial charge in [0.2, 0.25) is 0 Å². The average Bonchev–Trinajstić information content (AvgIpc) is 3.10. The highest BCUT2D eigenvalue weighted by Crippen LogP contribution is 2.29. The molecule has 0 bridgehead atoms. The summed E-state index contributed by atoms with van der Waals surface area (Å²) >= 11 is 0. The Labute approximate surface area is 158 Å². The highest BCUT2D eigenvalue weighted by atomic mass is 19.4. The lowest BCUT2D eigenvalue weighted by Crippen LogP contribution is -2.46. The van der Waals surface area contributed by atoms with Gasteiger partial charge in [-0.05, 0) is 17.7 Å². The van der Waals surface area contributed by atoms with Gasteiger partial charge in [0.25, 0.3) is 0 Å². The van der Waals surface area contributed by atoms with Gasteiger partial charge >= 0.3 is 6.18 Å². The number of benzene rings is 1. The van der Waals surface area contributed by atoms with Crippen LogP contribution in [0, 0.1) is 0 Å². The molecule has 1 aromatic heterocycles. The van der Waals surface area contributed by atoms with E-state index in [1.165, 1.54) is 12.1 Å². The van der Waals surface area contributed by atoms with E-state index < -0.39 is 11.7 Å². The molecule has 1 aromatic carbocycles. The Morgan fingerprint density at radius 2 is 1.59 bits per heavy atom. The quantitative estimate of drug-likeness (QED) is 0.761. The van der Waals surface area contributed by atoms with Gasteiger partial charge in [-0.2, -0.15) is 13.2 Å². The maximum absolute atomic E-state index is 12.6. The number of hydrogen-bond donors (Lipinski definition) is 0. The maximum atomic E-state index is 12.6. The molecule has 0 spiro atoms. The zero-order valence-electron chi connectivity index (χ0n) is 15.9. The number of piperazine rings is 1. The Kier molecular flexibility index (Phi) is 6.22. The van der Waals surface area contributed by atoms with Crippen LogP contribution >= 0.6 is 0 Å². The van der Waals surface area contributed by atoms with Gasteiger partial charge in [-0.3, -0.25) is 9.80 Å². The van der Waals surface area contributed by atoms with Crippen LogP contribution in [0.2, 0.25) is 0 Å². The van der Waals surface area contributed by atoms with Crippen LogP contribution in [0.4, 0.5) is 13.2 Å². The summed E-state index contributed by atoms with van der Waals surface area (Å²) in [6, 6.07) is 5.51. The second-order valence-corrected chi connectivity index (χ2v) is 7.45. The van der Waals surface area contributed by atoms with Crippen molar-refractivity contribution >= 4 is 0 Å². The molecule has 0 amide bonds. The predicted octanol–water partition coefficient (Wildman–Crippen LogP) is 3.84. The van der Waals surface area contributed by atoms with Crippen molar-refractivity contribution in [2.45, 2.75) is 39.0 Å². The van der Waals surface area contributed by atoms with E-state index in [1.807, 2.05) is 12.4 Å². The smallest absolute Gasteiger partial charge is 0.333 e. The second-order valence-electron chi connectivity index (χ2n) is 7.45.